The third kappa shape index (κ3) is 6.02. The lowest BCUT2D eigenvalue weighted by Gasteiger charge is -2.34. The zero-order chi connectivity index (χ0) is 18.6. The standard InChI is InChI=1S/C19H24INO4/c1-19(2,3)25-18(24)21-10-8-14(9-11-21)16(12-17(22)23)13-4-6-15(20)7-5-13/h4-7,12,14H,8-11H2,1-3H3,(H,22,23)/b16-12+. The summed E-state index contributed by atoms with van der Waals surface area (Å²) in [5.74, 6) is -0.821. The first-order chi connectivity index (χ1) is 11.7. The van der Waals surface area contributed by atoms with Crippen LogP contribution in [0.3, 0.4) is 0 Å². The summed E-state index contributed by atoms with van der Waals surface area (Å²) in [5.41, 5.74) is 1.25. The van der Waals surface area contributed by atoms with Crippen LogP contribution in [-0.2, 0) is 9.53 Å². The molecule has 6 heteroatoms. The van der Waals surface area contributed by atoms with Gasteiger partial charge in [0, 0.05) is 22.7 Å². The van der Waals surface area contributed by atoms with Crippen LogP contribution in [-0.4, -0.2) is 40.8 Å². The molecule has 25 heavy (non-hydrogen) atoms. The van der Waals surface area contributed by atoms with Gasteiger partial charge >= 0.3 is 12.1 Å². The van der Waals surface area contributed by atoms with Crippen LogP contribution < -0.4 is 0 Å². The molecule has 1 aromatic carbocycles. The normalized spacial score (nSPS) is 16.6. The van der Waals surface area contributed by atoms with E-state index in [1.54, 1.807) is 4.90 Å². The Hall–Kier alpha value is -1.57. The molecule has 0 radical (unpaired) electrons. The molecule has 1 aliphatic rings. The summed E-state index contributed by atoms with van der Waals surface area (Å²) >= 11 is 2.23. The summed E-state index contributed by atoms with van der Waals surface area (Å²) < 4.78 is 6.52. The van der Waals surface area contributed by atoms with Crippen LogP contribution in [0.5, 0.6) is 0 Å². The van der Waals surface area contributed by atoms with E-state index >= 15 is 0 Å². The lowest BCUT2D eigenvalue weighted by molar-refractivity contribution is -0.131. The molecule has 0 atom stereocenters. The Morgan fingerprint density at radius 1 is 1.20 bits per heavy atom. The minimum absolute atomic E-state index is 0.120. The maximum atomic E-state index is 12.2. The van der Waals surface area contributed by atoms with E-state index in [0.717, 1.165) is 27.5 Å². The van der Waals surface area contributed by atoms with Gasteiger partial charge in [-0.1, -0.05) is 12.1 Å². The van der Waals surface area contributed by atoms with E-state index in [9.17, 15) is 14.7 Å². The topological polar surface area (TPSA) is 66.8 Å². The molecule has 0 bridgehead atoms. The average Bonchev–Trinajstić information content (AvgIpc) is 2.52. The van der Waals surface area contributed by atoms with Crippen molar-refractivity contribution >= 4 is 40.2 Å². The summed E-state index contributed by atoms with van der Waals surface area (Å²) in [7, 11) is 0. The van der Waals surface area contributed by atoms with Gasteiger partial charge in [0.05, 0.1) is 0 Å². The highest BCUT2D eigenvalue weighted by atomic mass is 127. The second kappa shape index (κ2) is 8.21. The molecule has 2 rings (SSSR count). The van der Waals surface area contributed by atoms with E-state index in [4.69, 9.17) is 4.74 Å². The van der Waals surface area contributed by atoms with Gasteiger partial charge in [0.1, 0.15) is 5.60 Å². The summed E-state index contributed by atoms with van der Waals surface area (Å²) in [6, 6.07) is 7.86. The molecule has 0 aliphatic carbocycles. The zero-order valence-electron chi connectivity index (χ0n) is 14.8. The summed E-state index contributed by atoms with van der Waals surface area (Å²) in [6.07, 6.45) is 2.45. The Morgan fingerprint density at radius 3 is 2.24 bits per heavy atom. The molecule has 0 unspecified atom stereocenters. The van der Waals surface area contributed by atoms with E-state index < -0.39 is 11.6 Å². The van der Waals surface area contributed by atoms with Crippen molar-refractivity contribution in [3.8, 4) is 0 Å². The van der Waals surface area contributed by atoms with Crippen LogP contribution in [0, 0.1) is 9.49 Å². The van der Waals surface area contributed by atoms with E-state index in [1.165, 1.54) is 6.08 Å². The minimum Gasteiger partial charge on any atom is -0.478 e. The van der Waals surface area contributed by atoms with Crippen molar-refractivity contribution in [3.05, 3.63) is 39.5 Å². The lowest BCUT2D eigenvalue weighted by Crippen LogP contribution is -2.41. The smallest absolute Gasteiger partial charge is 0.410 e. The average molecular weight is 457 g/mol. The Kier molecular flexibility index (Phi) is 6.48. The minimum atomic E-state index is -0.942. The number of hydrogen-bond acceptors (Lipinski definition) is 3. The van der Waals surface area contributed by atoms with E-state index in [2.05, 4.69) is 22.6 Å². The number of hydrogen-bond donors (Lipinski definition) is 1. The molecule has 1 aromatic rings. The molecule has 0 saturated carbocycles. The number of aliphatic carboxylic acids is 1. The number of allylic oxidation sites excluding steroid dienone is 1. The Morgan fingerprint density at radius 2 is 1.76 bits per heavy atom. The first-order valence-electron chi connectivity index (χ1n) is 8.34. The fraction of sp³-hybridized carbons (Fsp3) is 0.474. The lowest BCUT2D eigenvalue weighted by atomic mass is 9.85. The number of nitrogens with zero attached hydrogens (tertiary/aromatic N) is 1. The number of carbonyl (C=O) groups excluding carboxylic acids is 1. The van der Waals surface area contributed by atoms with Crippen LogP contribution in [0.15, 0.2) is 30.3 Å². The van der Waals surface area contributed by atoms with Crippen molar-refractivity contribution in [1.29, 1.82) is 0 Å². The summed E-state index contributed by atoms with van der Waals surface area (Å²) in [6.45, 7) is 6.69. The third-order valence-electron chi connectivity index (χ3n) is 4.04. The molecular formula is C19H24INO4. The van der Waals surface area contributed by atoms with Crippen molar-refractivity contribution in [2.45, 2.75) is 39.2 Å². The first kappa shape index (κ1) is 19.8. The number of amides is 1. The van der Waals surface area contributed by atoms with Gasteiger partial charge in [0.25, 0.3) is 0 Å². The highest BCUT2D eigenvalue weighted by Gasteiger charge is 2.29. The number of carbonyl (C=O) groups is 2. The van der Waals surface area contributed by atoms with Crippen molar-refractivity contribution in [2.75, 3.05) is 13.1 Å². The second-order valence-electron chi connectivity index (χ2n) is 7.19. The molecule has 1 saturated heterocycles. The predicted molar refractivity (Wildman–Crippen MR) is 105 cm³/mol. The molecule has 0 spiro atoms. The van der Waals surface area contributed by atoms with Gasteiger partial charge in [-0.3, -0.25) is 0 Å². The van der Waals surface area contributed by atoms with Crippen LogP contribution in [0.2, 0.25) is 0 Å². The molecule has 136 valence electrons. The maximum absolute atomic E-state index is 12.2. The fourth-order valence-corrected chi connectivity index (χ4v) is 3.27. The van der Waals surface area contributed by atoms with Crippen molar-refractivity contribution in [1.82, 2.24) is 4.90 Å². The van der Waals surface area contributed by atoms with Crippen LogP contribution >= 0.6 is 22.6 Å². The third-order valence-corrected chi connectivity index (χ3v) is 4.76. The van der Waals surface area contributed by atoms with E-state index in [1.807, 2.05) is 45.0 Å². The van der Waals surface area contributed by atoms with Crippen LogP contribution in [0.1, 0.15) is 39.2 Å². The molecule has 0 aromatic heterocycles. The molecule has 5 nitrogen and oxygen atoms in total. The van der Waals surface area contributed by atoms with Crippen LogP contribution in [0.25, 0.3) is 5.57 Å². The van der Waals surface area contributed by atoms with E-state index in [-0.39, 0.29) is 12.0 Å². The number of carboxylic acid groups (broad SMARTS) is 1. The number of carboxylic acids is 1. The largest absolute Gasteiger partial charge is 0.478 e. The molecule has 1 heterocycles. The quantitative estimate of drug-likeness (QED) is 0.540. The second-order valence-corrected chi connectivity index (χ2v) is 8.43. The first-order valence-corrected chi connectivity index (χ1v) is 9.42. The number of benzene rings is 1. The van der Waals surface area contributed by atoms with Gasteiger partial charge < -0.3 is 14.7 Å². The highest BCUT2D eigenvalue weighted by Crippen LogP contribution is 2.32. The van der Waals surface area contributed by atoms with Gasteiger partial charge in [0.15, 0.2) is 0 Å². The van der Waals surface area contributed by atoms with E-state index in [0.29, 0.717) is 13.1 Å². The number of ether oxygens (including phenoxy) is 1. The van der Waals surface area contributed by atoms with Crippen molar-refractivity contribution in [3.63, 3.8) is 0 Å². The van der Waals surface area contributed by atoms with Crippen LogP contribution in [0.4, 0.5) is 4.79 Å². The molecular weight excluding hydrogens is 433 g/mol. The fourth-order valence-electron chi connectivity index (χ4n) is 2.91. The zero-order valence-corrected chi connectivity index (χ0v) is 16.9. The number of halogens is 1. The Bertz CT molecular complexity index is 653. The van der Waals surface area contributed by atoms with Crippen molar-refractivity contribution < 1.29 is 19.4 Å². The number of piperidine rings is 1. The van der Waals surface area contributed by atoms with Gasteiger partial charge in [0.2, 0.25) is 0 Å². The Labute approximate surface area is 162 Å². The number of likely N-dealkylation sites (tertiary alicyclic amines) is 1. The summed E-state index contributed by atoms with van der Waals surface area (Å²) in [5, 5.41) is 9.24. The van der Waals surface area contributed by atoms with Crippen molar-refractivity contribution in [2.24, 2.45) is 5.92 Å². The number of rotatable bonds is 3. The SMILES string of the molecule is CC(C)(C)OC(=O)N1CCC(/C(=C/C(=O)O)c2ccc(I)cc2)CC1. The Balaban J connectivity index is 2.09. The van der Waals surface area contributed by atoms with Gasteiger partial charge in [-0.2, -0.15) is 0 Å². The van der Waals surface area contributed by atoms with Gasteiger partial charge in [-0.15, -0.1) is 0 Å². The predicted octanol–water partition coefficient (Wildman–Crippen LogP) is 4.41. The van der Waals surface area contributed by atoms with Gasteiger partial charge in [-0.05, 0) is 85.4 Å². The monoisotopic (exact) mass is 457 g/mol. The summed E-state index contributed by atoms with van der Waals surface area (Å²) in [4.78, 5) is 25.1. The molecule has 1 aliphatic heterocycles. The van der Waals surface area contributed by atoms with Gasteiger partial charge in [-0.25, -0.2) is 9.59 Å². The highest BCUT2D eigenvalue weighted by molar-refractivity contribution is 14.1. The maximum Gasteiger partial charge on any atom is 0.410 e. The molecule has 1 amide bonds. The molecule has 1 N–H and O–H groups in total. The molecule has 1 fully saturated rings.